The van der Waals surface area contributed by atoms with Gasteiger partial charge in [-0.25, -0.2) is 0 Å². The number of rotatable bonds is 4. The Morgan fingerprint density at radius 2 is 1.35 bits per heavy atom. The topological polar surface area (TPSA) is 232 Å². The fraction of sp³-hybridized carbons (Fsp3) is 0.0556. The minimum Gasteiger partial charge on any atom is -1.00 e. The van der Waals surface area contributed by atoms with Gasteiger partial charge in [0.15, 0.2) is 0 Å². The van der Waals surface area contributed by atoms with Crippen LogP contribution in [0.2, 0.25) is 0 Å². The Bertz CT molecular complexity index is 1590. The SMILES string of the molecule is Cc1ccc(C(N)=O)cc1N.O=S(=O)(O)c1cc(S(=O)(=O)O)c2cccc(S(=O)(=O)O)c2c1.[H-].[Na+]. The van der Waals surface area contributed by atoms with Crippen LogP contribution in [-0.4, -0.2) is 44.8 Å². The Morgan fingerprint density at radius 3 is 1.79 bits per heavy atom. The molecule has 0 aliphatic rings. The second-order valence-corrected chi connectivity index (χ2v) is 10.8. The van der Waals surface area contributed by atoms with E-state index in [2.05, 4.69) is 0 Å². The predicted molar refractivity (Wildman–Crippen MR) is 119 cm³/mol. The van der Waals surface area contributed by atoms with Crippen molar-refractivity contribution in [3.63, 3.8) is 0 Å². The van der Waals surface area contributed by atoms with Crippen molar-refractivity contribution in [2.75, 3.05) is 5.73 Å². The number of nitrogens with two attached hydrogens (primary N) is 2. The van der Waals surface area contributed by atoms with E-state index in [-0.39, 0.29) is 36.4 Å². The molecule has 0 atom stereocenters. The summed E-state index contributed by atoms with van der Waals surface area (Å²) in [5, 5.41) is -0.835. The van der Waals surface area contributed by atoms with Gasteiger partial charge in [-0.2, -0.15) is 25.3 Å². The van der Waals surface area contributed by atoms with Gasteiger partial charge in [-0.1, -0.05) is 18.2 Å². The Labute approximate surface area is 219 Å². The van der Waals surface area contributed by atoms with Crippen molar-refractivity contribution in [2.24, 2.45) is 5.73 Å². The predicted octanol–water partition coefficient (Wildman–Crippen LogP) is -1.63. The van der Waals surface area contributed by atoms with Crippen LogP contribution in [0.15, 0.2) is 63.2 Å². The van der Waals surface area contributed by atoms with Crippen molar-refractivity contribution in [1.82, 2.24) is 0 Å². The van der Waals surface area contributed by atoms with Crippen molar-refractivity contribution in [3.8, 4) is 0 Å². The largest absolute Gasteiger partial charge is 1.00 e. The third-order valence-corrected chi connectivity index (χ3v) is 6.95. The number of amides is 1. The van der Waals surface area contributed by atoms with Crippen molar-refractivity contribution in [3.05, 3.63) is 59.7 Å². The molecule has 0 radical (unpaired) electrons. The van der Waals surface area contributed by atoms with E-state index in [9.17, 15) is 30.0 Å². The second kappa shape index (κ2) is 10.7. The molecule has 1 amide bonds. The molecular formula is C18H19N2NaO10S3. The minimum atomic E-state index is -4.93. The first-order valence-electron chi connectivity index (χ1n) is 8.58. The maximum Gasteiger partial charge on any atom is 1.00 e. The van der Waals surface area contributed by atoms with Gasteiger partial charge >= 0.3 is 29.6 Å². The average molecular weight is 543 g/mol. The van der Waals surface area contributed by atoms with Crippen LogP contribution in [0.1, 0.15) is 17.3 Å². The van der Waals surface area contributed by atoms with Crippen LogP contribution < -0.4 is 41.0 Å². The van der Waals surface area contributed by atoms with E-state index in [0.717, 1.165) is 23.8 Å². The quantitative estimate of drug-likeness (QED) is 0.143. The first-order chi connectivity index (χ1) is 14.9. The third-order valence-electron chi connectivity index (χ3n) is 4.31. The Hall–Kier alpha value is -2.08. The third kappa shape index (κ3) is 7.21. The van der Waals surface area contributed by atoms with Gasteiger partial charge in [-0.05, 0) is 42.8 Å². The average Bonchev–Trinajstić information content (AvgIpc) is 2.66. The number of carbonyl (C=O) groups excluding carboxylic acids is 1. The first kappa shape index (κ1) is 30.0. The van der Waals surface area contributed by atoms with Crippen molar-refractivity contribution in [2.45, 2.75) is 21.6 Å². The van der Waals surface area contributed by atoms with Crippen LogP contribution in [0.5, 0.6) is 0 Å². The van der Waals surface area contributed by atoms with E-state index < -0.39 is 56.3 Å². The molecule has 3 aromatic rings. The molecule has 0 bridgehead atoms. The zero-order valence-electron chi connectivity index (χ0n) is 18.7. The zero-order chi connectivity index (χ0) is 25.4. The van der Waals surface area contributed by atoms with Crippen LogP contribution in [0.4, 0.5) is 5.69 Å². The Morgan fingerprint density at radius 1 is 0.794 bits per heavy atom. The van der Waals surface area contributed by atoms with Gasteiger partial charge in [0.2, 0.25) is 5.91 Å². The minimum absolute atomic E-state index is 0. The summed E-state index contributed by atoms with van der Waals surface area (Å²) in [5.41, 5.74) is 12.6. The Kier molecular flexibility index (Phi) is 9.40. The Balaban J connectivity index is 0.000000757. The normalized spacial score (nSPS) is 11.8. The van der Waals surface area contributed by atoms with Crippen LogP contribution in [-0.2, 0) is 30.4 Å². The van der Waals surface area contributed by atoms with E-state index in [0.29, 0.717) is 23.4 Å². The summed E-state index contributed by atoms with van der Waals surface area (Å²) in [7, 11) is -14.6. The molecule has 3 aromatic carbocycles. The fourth-order valence-electron chi connectivity index (χ4n) is 2.68. The van der Waals surface area contributed by atoms with Gasteiger partial charge < -0.3 is 12.9 Å². The molecule has 3 rings (SSSR count). The van der Waals surface area contributed by atoms with Crippen LogP contribution in [0.3, 0.4) is 0 Å². The molecule has 0 aliphatic heterocycles. The van der Waals surface area contributed by atoms with E-state index in [1.165, 1.54) is 0 Å². The van der Waals surface area contributed by atoms with Crippen LogP contribution in [0, 0.1) is 6.92 Å². The molecule has 12 nitrogen and oxygen atoms in total. The molecule has 0 spiro atoms. The first-order valence-corrected chi connectivity index (χ1v) is 12.9. The number of primary amides is 1. The van der Waals surface area contributed by atoms with Gasteiger partial charge in [0.1, 0.15) is 9.79 Å². The number of benzene rings is 3. The van der Waals surface area contributed by atoms with Gasteiger partial charge in [0.25, 0.3) is 30.4 Å². The number of nitrogen functional groups attached to an aromatic ring is 1. The number of hydrogen-bond donors (Lipinski definition) is 5. The fourth-order valence-corrected chi connectivity index (χ4v) is 4.72. The van der Waals surface area contributed by atoms with Crippen molar-refractivity contribution in [1.29, 1.82) is 0 Å². The number of carbonyl (C=O) groups is 1. The number of anilines is 1. The molecule has 0 aromatic heterocycles. The molecule has 34 heavy (non-hydrogen) atoms. The summed E-state index contributed by atoms with van der Waals surface area (Å²) in [6.45, 7) is 1.88. The van der Waals surface area contributed by atoms with Crippen LogP contribution >= 0.6 is 0 Å². The van der Waals surface area contributed by atoms with Crippen molar-refractivity contribution < 1.29 is 74.7 Å². The summed E-state index contributed by atoms with van der Waals surface area (Å²) in [6.07, 6.45) is 0. The van der Waals surface area contributed by atoms with Gasteiger partial charge in [-0.3, -0.25) is 18.5 Å². The summed E-state index contributed by atoms with van der Waals surface area (Å²) in [6, 6.07) is 9.25. The summed E-state index contributed by atoms with van der Waals surface area (Å²) in [4.78, 5) is 7.97. The smallest absolute Gasteiger partial charge is 1.00 e. The molecule has 0 aliphatic carbocycles. The molecule has 0 unspecified atom stereocenters. The number of fused-ring (bicyclic) bond motifs is 1. The van der Waals surface area contributed by atoms with E-state index in [1.807, 2.05) is 6.92 Å². The van der Waals surface area contributed by atoms with Crippen molar-refractivity contribution >= 4 is 52.7 Å². The molecule has 16 heteroatoms. The zero-order valence-corrected chi connectivity index (χ0v) is 22.1. The van der Waals surface area contributed by atoms with E-state index >= 15 is 0 Å². The number of hydrogen-bond acceptors (Lipinski definition) is 8. The van der Waals surface area contributed by atoms with Crippen LogP contribution in [0.25, 0.3) is 10.8 Å². The van der Waals surface area contributed by atoms with Gasteiger partial charge in [-0.15, -0.1) is 0 Å². The second-order valence-electron chi connectivity index (χ2n) is 6.63. The molecule has 0 saturated heterocycles. The summed E-state index contributed by atoms with van der Waals surface area (Å²) in [5.74, 6) is -0.448. The maximum absolute atomic E-state index is 11.4. The maximum atomic E-state index is 11.4. The summed E-state index contributed by atoms with van der Waals surface area (Å²) >= 11 is 0. The molecule has 0 saturated carbocycles. The number of aryl methyl sites for hydroxylation is 1. The molecule has 0 fully saturated rings. The van der Waals surface area contributed by atoms with Gasteiger partial charge in [0.05, 0.1) is 4.90 Å². The monoisotopic (exact) mass is 542 g/mol. The summed E-state index contributed by atoms with van der Waals surface area (Å²) < 4.78 is 95.0. The molecular weight excluding hydrogens is 523 g/mol. The standard InChI is InChI=1S/C10H8O9S3.C8H10N2O.Na.H/c11-20(12,13)6-4-8-7(10(5-6)22(17,18)19)2-1-3-9(8)21(14,15)16;1-5-2-3-6(8(10)11)4-7(5)9;;/h1-5H,(H,11,12,13)(H,14,15,16)(H,17,18,19);2-4H,9H2,1H3,(H2,10,11);;/q;;+1;-1. The molecule has 0 heterocycles. The van der Waals surface area contributed by atoms with E-state index in [4.69, 9.17) is 25.1 Å². The molecule has 7 N–H and O–H groups in total. The van der Waals surface area contributed by atoms with E-state index in [1.54, 1.807) is 18.2 Å². The van der Waals surface area contributed by atoms with Gasteiger partial charge in [0, 0.05) is 22.0 Å². The molecule has 180 valence electrons.